The molecule has 0 radical (unpaired) electrons. The van der Waals surface area contributed by atoms with Crippen molar-refractivity contribution >= 4 is 29.3 Å². The molecule has 0 saturated heterocycles. The first-order valence-corrected chi connectivity index (χ1v) is 11.0. The Morgan fingerprint density at radius 2 is 1.90 bits per heavy atom. The van der Waals surface area contributed by atoms with Crippen molar-refractivity contribution in [2.24, 2.45) is 7.05 Å². The normalized spacial score (nSPS) is 15.0. The summed E-state index contributed by atoms with van der Waals surface area (Å²) in [6.07, 6.45) is 0.843. The second-order valence-corrected chi connectivity index (χ2v) is 8.39. The number of nitrogens with one attached hydrogen (secondary N) is 2. The molecule has 0 unspecified atom stereocenters. The smallest absolute Gasteiger partial charge is 0.353 e. The Morgan fingerprint density at radius 1 is 1.16 bits per heavy atom. The number of carbonyl (C=O) groups excluding carboxylic acids is 2. The van der Waals surface area contributed by atoms with Crippen LogP contribution < -0.4 is 10.6 Å². The number of rotatable bonds is 7. The van der Waals surface area contributed by atoms with Crippen LogP contribution in [0, 0.1) is 0 Å². The van der Waals surface area contributed by atoms with E-state index in [4.69, 9.17) is 0 Å². The molecule has 1 aliphatic carbocycles. The Hall–Kier alpha value is -2.56. The summed E-state index contributed by atoms with van der Waals surface area (Å²) in [5.74, 6) is -0.0383. The number of halogens is 3. The van der Waals surface area contributed by atoms with E-state index in [0.717, 1.165) is 37.8 Å². The van der Waals surface area contributed by atoms with Gasteiger partial charge in [0, 0.05) is 18.8 Å². The Morgan fingerprint density at radius 3 is 2.61 bits per heavy atom. The molecule has 1 aromatic carbocycles. The van der Waals surface area contributed by atoms with Gasteiger partial charge in [0.25, 0.3) is 0 Å². The largest absolute Gasteiger partial charge is 0.416 e. The van der Waals surface area contributed by atoms with Crippen molar-refractivity contribution < 1.29 is 22.8 Å². The fraction of sp³-hybridized carbons (Fsp3) is 0.500. The number of nitrogens with zero attached hydrogens (tertiary/aromatic N) is 3. The predicted octanol–water partition coefficient (Wildman–Crippen LogP) is 3.56. The van der Waals surface area contributed by atoms with Crippen LogP contribution in [0.25, 0.3) is 0 Å². The van der Waals surface area contributed by atoms with E-state index in [1.54, 1.807) is 11.6 Å². The lowest BCUT2D eigenvalue weighted by molar-refractivity contribution is -0.137. The first-order chi connectivity index (χ1) is 14.7. The highest BCUT2D eigenvalue weighted by Gasteiger charge is 2.30. The standard InChI is InChI=1S/C20H24F3N5O2S/c1-28-16(11-17(29)25-15-9-5-6-13(10-15)20(21,22)23)26-27-19(28)31-12-18(30)24-14-7-3-2-4-8-14/h5-6,9-10,14H,2-4,7-8,11-12H2,1H3,(H,24,30)(H,25,29). The third-order valence-corrected chi connectivity index (χ3v) is 6.04. The van der Waals surface area contributed by atoms with Gasteiger partial charge in [-0.3, -0.25) is 9.59 Å². The summed E-state index contributed by atoms with van der Waals surface area (Å²) < 4.78 is 40.0. The molecule has 3 rings (SSSR count). The lowest BCUT2D eigenvalue weighted by Gasteiger charge is -2.22. The van der Waals surface area contributed by atoms with Crippen molar-refractivity contribution in [2.45, 2.75) is 55.9 Å². The van der Waals surface area contributed by atoms with E-state index >= 15 is 0 Å². The quantitative estimate of drug-likeness (QED) is 0.624. The number of aromatic nitrogens is 3. The number of amides is 2. The second kappa shape index (κ2) is 10.2. The van der Waals surface area contributed by atoms with Crippen molar-refractivity contribution in [3.05, 3.63) is 35.7 Å². The molecule has 1 fully saturated rings. The van der Waals surface area contributed by atoms with Gasteiger partial charge in [0.15, 0.2) is 5.16 Å². The summed E-state index contributed by atoms with van der Waals surface area (Å²) in [7, 11) is 1.67. The number of alkyl halides is 3. The van der Waals surface area contributed by atoms with Crippen LogP contribution in [0.3, 0.4) is 0 Å². The predicted molar refractivity (Wildman–Crippen MR) is 111 cm³/mol. The van der Waals surface area contributed by atoms with Crippen molar-refractivity contribution in [2.75, 3.05) is 11.1 Å². The van der Waals surface area contributed by atoms with Gasteiger partial charge < -0.3 is 15.2 Å². The number of carbonyl (C=O) groups is 2. The molecule has 1 aromatic heterocycles. The third kappa shape index (κ3) is 6.71. The van der Waals surface area contributed by atoms with Gasteiger partial charge in [0.05, 0.1) is 17.7 Å². The molecule has 168 valence electrons. The van der Waals surface area contributed by atoms with E-state index in [0.29, 0.717) is 11.0 Å². The van der Waals surface area contributed by atoms with Gasteiger partial charge in [-0.2, -0.15) is 13.2 Å². The van der Waals surface area contributed by atoms with Crippen molar-refractivity contribution in [1.82, 2.24) is 20.1 Å². The molecular weight excluding hydrogens is 431 g/mol. The minimum Gasteiger partial charge on any atom is -0.353 e. The van der Waals surface area contributed by atoms with Gasteiger partial charge in [0.2, 0.25) is 11.8 Å². The lowest BCUT2D eigenvalue weighted by atomic mass is 9.95. The number of benzene rings is 1. The Labute approximate surface area is 182 Å². The molecular formula is C20H24F3N5O2S. The van der Waals surface area contributed by atoms with Crippen molar-refractivity contribution in [3.8, 4) is 0 Å². The van der Waals surface area contributed by atoms with Crippen LogP contribution in [-0.2, 0) is 29.2 Å². The molecule has 2 N–H and O–H groups in total. The zero-order valence-electron chi connectivity index (χ0n) is 17.0. The van der Waals surface area contributed by atoms with Gasteiger partial charge in [-0.1, -0.05) is 37.1 Å². The van der Waals surface area contributed by atoms with E-state index in [1.165, 1.54) is 30.3 Å². The van der Waals surface area contributed by atoms with E-state index in [2.05, 4.69) is 20.8 Å². The molecule has 2 amide bonds. The third-order valence-electron chi connectivity index (χ3n) is 5.02. The Bertz CT molecular complexity index is 926. The van der Waals surface area contributed by atoms with E-state index in [-0.39, 0.29) is 29.8 Å². The molecule has 1 saturated carbocycles. The molecule has 7 nitrogen and oxygen atoms in total. The van der Waals surface area contributed by atoms with E-state index < -0.39 is 17.6 Å². The van der Waals surface area contributed by atoms with Crippen LogP contribution in [-0.4, -0.2) is 38.4 Å². The zero-order valence-corrected chi connectivity index (χ0v) is 17.9. The summed E-state index contributed by atoms with van der Waals surface area (Å²) >= 11 is 1.22. The van der Waals surface area contributed by atoms with Gasteiger partial charge >= 0.3 is 6.18 Å². The number of anilines is 1. The molecule has 1 aliphatic rings. The molecule has 0 bridgehead atoms. The zero-order chi connectivity index (χ0) is 22.4. The lowest BCUT2D eigenvalue weighted by Crippen LogP contribution is -2.37. The minimum atomic E-state index is -4.49. The summed E-state index contributed by atoms with van der Waals surface area (Å²) in [5.41, 5.74) is -0.787. The SMILES string of the molecule is Cn1c(CC(=O)Nc2cccc(C(F)(F)F)c2)nnc1SCC(=O)NC1CCCCC1. The minimum absolute atomic E-state index is 0.0518. The van der Waals surface area contributed by atoms with Crippen LogP contribution in [0.4, 0.5) is 18.9 Å². The average Bonchev–Trinajstić information content (AvgIpc) is 3.06. The first kappa shape index (κ1) is 23.1. The monoisotopic (exact) mass is 455 g/mol. The molecule has 1 heterocycles. The number of hydrogen-bond acceptors (Lipinski definition) is 5. The highest BCUT2D eigenvalue weighted by atomic mass is 32.2. The number of thioether (sulfide) groups is 1. The highest BCUT2D eigenvalue weighted by Crippen LogP contribution is 2.30. The maximum absolute atomic E-state index is 12.8. The molecule has 0 aliphatic heterocycles. The fourth-order valence-corrected chi connectivity index (χ4v) is 4.13. The van der Waals surface area contributed by atoms with E-state index in [9.17, 15) is 22.8 Å². The highest BCUT2D eigenvalue weighted by molar-refractivity contribution is 7.99. The molecule has 11 heteroatoms. The van der Waals surface area contributed by atoms with Crippen LogP contribution in [0.15, 0.2) is 29.4 Å². The molecule has 31 heavy (non-hydrogen) atoms. The van der Waals surface area contributed by atoms with Crippen molar-refractivity contribution in [3.63, 3.8) is 0 Å². The van der Waals surface area contributed by atoms with Gasteiger partial charge in [-0.25, -0.2) is 0 Å². The topological polar surface area (TPSA) is 88.9 Å². The van der Waals surface area contributed by atoms with E-state index in [1.807, 2.05) is 0 Å². The Kier molecular flexibility index (Phi) is 7.58. The Balaban J connectivity index is 1.51. The summed E-state index contributed by atoms with van der Waals surface area (Å²) in [4.78, 5) is 24.4. The summed E-state index contributed by atoms with van der Waals surface area (Å²) in [5, 5.41) is 13.9. The first-order valence-electron chi connectivity index (χ1n) is 10.00. The molecule has 0 spiro atoms. The fourth-order valence-electron chi connectivity index (χ4n) is 3.39. The van der Waals surface area contributed by atoms with Crippen molar-refractivity contribution in [1.29, 1.82) is 0 Å². The average molecular weight is 456 g/mol. The summed E-state index contributed by atoms with van der Waals surface area (Å²) in [6.45, 7) is 0. The van der Waals surface area contributed by atoms with Crippen LogP contribution in [0.2, 0.25) is 0 Å². The molecule has 2 aromatic rings. The maximum Gasteiger partial charge on any atom is 0.416 e. The van der Waals surface area contributed by atoms with Crippen LogP contribution in [0.5, 0.6) is 0 Å². The number of hydrogen-bond donors (Lipinski definition) is 2. The van der Waals surface area contributed by atoms with Gasteiger partial charge in [0.1, 0.15) is 5.82 Å². The maximum atomic E-state index is 12.8. The second-order valence-electron chi connectivity index (χ2n) is 7.45. The van der Waals surface area contributed by atoms with Crippen LogP contribution in [0.1, 0.15) is 43.5 Å². The van der Waals surface area contributed by atoms with Gasteiger partial charge in [-0.15, -0.1) is 10.2 Å². The van der Waals surface area contributed by atoms with Crippen LogP contribution >= 0.6 is 11.8 Å². The summed E-state index contributed by atoms with van der Waals surface area (Å²) in [6, 6.07) is 4.66. The van der Waals surface area contributed by atoms with Gasteiger partial charge in [-0.05, 0) is 31.0 Å². The molecule has 0 atom stereocenters.